The minimum atomic E-state index is 0.416. The van der Waals surface area contributed by atoms with Crippen LogP contribution in [0.25, 0.3) is 10.9 Å². The van der Waals surface area contributed by atoms with Crippen LogP contribution in [0.5, 0.6) is 0 Å². The van der Waals surface area contributed by atoms with E-state index in [1.165, 1.54) is 5.69 Å². The fraction of sp³-hybridized carbons (Fsp3) is 0.211. The maximum absolute atomic E-state index is 10.7. The summed E-state index contributed by atoms with van der Waals surface area (Å²) in [6.07, 6.45) is 4.17. The first kappa shape index (κ1) is 15.5. The van der Waals surface area contributed by atoms with E-state index in [9.17, 15) is 4.79 Å². The molecule has 1 saturated heterocycles. The highest BCUT2D eigenvalue weighted by molar-refractivity contribution is 5.95. The molecule has 1 aromatic carbocycles. The molecule has 6 heteroatoms. The van der Waals surface area contributed by atoms with Crippen LogP contribution in [0.1, 0.15) is 10.5 Å². The highest BCUT2D eigenvalue weighted by Gasteiger charge is 2.12. The van der Waals surface area contributed by atoms with Crippen molar-refractivity contribution in [2.24, 2.45) is 0 Å². The molecule has 4 rings (SSSR count). The Morgan fingerprint density at radius 2 is 1.96 bits per heavy atom. The van der Waals surface area contributed by atoms with Crippen molar-refractivity contribution in [1.82, 2.24) is 9.97 Å². The van der Waals surface area contributed by atoms with Crippen molar-refractivity contribution in [3.63, 3.8) is 0 Å². The van der Waals surface area contributed by atoms with E-state index in [2.05, 4.69) is 32.3 Å². The van der Waals surface area contributed by atoms with Gasteiger partial charge in [0.25, 0.3) is 0 Å². The highest BCUT2D eigenvalue weighted by Crippen LogP contribution is 2.29. The quantitative estimate of drug-likeness (QED) is 0.740. The number of hydrogen-bond donors (Lipinski definition) is 1. The van der Waals surface area contributed by atoms with E-state index in [0.717, 1.165) is 54.9 Å². The average molecular weight is 334 g/mol. The third-order valence-corrected chi connectivity index (χ3v) is 4.29. The molecule has 126 valence electrons. The van der Waals surface area contributed by atoms with Crippen molar-refractivity contribution in [3.05, 3.63) is 54.5 Å². The van der Waals surface area contributed by atoms with Crippen LogP contribution in [0, 0.1) is 0 Å². The largest absolute Gasteiger partial charge is 0.378 e. The lowest BCUT2D eigenvalue weighted by Gasteiger charge is -2.29. The Morgan fingerprint density at radius 3 is 2.72 bits per heavy atom. The van der Waals surface area contributed by atoms with Crippen molar-refractivity contribution in [1.29, 1.82) is 0 Å². The zero-order chi connectivity index (χ0) is 17.1. The first-order chi connectivity index (χ1) is 12.3. The second-order valence-electron chi connectivity index (χ2n) is 5.87. The first-order valence-corrected chi connectivity index (χ1v) is 8.23. The van der Waals surface area contributed by atoms with Gasteiger partial charge in [0.1, 0.15) is 5.69 Å². The Bertz CT molecular complexity index is 890. The number of carbonyl (C=O) groups is 1. The number of benzene rings is 1. The van der Waals surface area contributed by atoms with E-state index in [1.807, 2.05) is 18.2 Å². The maximum atomic E-state index is 10.7. The van der Waals surface area contributed by atoms with Gasteiger partial charge >= 0.3 is 0 Å². The molecule has 3 heterocycles. The van der Waals surface area contributed by atoms with Crippen LogP contribution in [0.3, 0.4) is 0 Å². The van der Waals surface area contributed by atoms with Gasteiger partial charge < -0.3 is 15.0 Å². The summed E-state index contributed by atoms with van der Waals surface area (Å²) in [6.45, 7) is 3.30. The summed E-state index contributed by atoms with van der Waals surface area (Å²) in [5.74, 6) is 0. The van der Waals surface area contributed by atoms with Crippen LogP contribution in [0.4, 0.5) is 17.1 Å². The molecule has 1 aliphatic heterocycles. The molecule has 25 heavy (non-hydrogen) atoms. The van der Waals surface area contributed by atoms with Crippen molar-refractivity contribution in [2.75, 3.05) is 36.5 Å². The molecule has 0 unspecified atom stereocenters. The van der Waals surface area contributed by atoms with E-state index in [-0.39, 0.29) is 0 Å². The monoisotopic (exact) mass is 334 g/mol. The molecular formula is C19H18N4O2. The lowest BCUT2D eigenvalue weighted by atomic mass is 10.1. The Morgan fingerprint density at radius 1 is 1.08 bits per heavy atom. The molecule has 1 N–H and O–H groups in total. The predicted molar refractivity (Wildman–Crippen MR) is 97.7 cm³/mol. The van der Waals surface area contributed by atoms with Crippen molar-refractivity contribution < 1.29 is 9.53 Å². The van der Waals surface area contributed by atoms with Crippen LogP contribution < -0.4 is 10.2 Å². The molecule has 0 aliphatic carbocycles. The molecule has 1 aliphatic rings. The van der Waals surface area contributed by atoms with Crippen LogP contribution in [0.2, 0.25) is 0 Å². The third kappa shape index (κ3) is 3.29. The second kappa shape index (κ2) is 6.86. The van der Waals surface area contributed by atoms with Gasteiger partial charge in [-0.15, -0.1) is 0 Å². The Hall–Kier alpha value is -2.99. The zero-order valence-corrected chi connectivity index (χ0v) is 13.7. The van der Waals surface area contributed by atoms with Gasteiger partial charge in [0, 0.05) is 36.0 Å². The fourth-order valence-corrected chi connectivity index (χ4v) is 2.97. The van der Waals surface area contributed by atoms with Gasteiger partial charge in [-0.2, -0.15) is 0 Å². The van der Waals surface area contributed by atoms with Crippen molar-refractivity contribution in [3.8, 4) is 0 Å². The first-order valence-electron chi connectivity index (χ1n) is 8.23. The van der Waals surface area contributed by atoms with Gasteiger partial charge in [-0.1, -0.05) is 0 Å². The molecule has 0 saturated carbocycles. The molecule has 1 fully saturated rings. The molecule has 0 atom stereocenters. The number of aromatic nitrogens is 2. The molecule has 6 nitrogen and oxygen atoms in total. The number of pyridine rings is 2. The van der Waals surface area contributed by atoms with Gasteiger partial charge in [0.15, 0.2) is 6.29 Å². The molecule has 0 radical (unpaired) electrons. The third-order valence-electron chi connectivity index (χ3n) is 4.29. The van der Waals surface area contributed by atoms with E-state index in [4.69, 9.17) is 4.74 Å². The van der Waals surface area contributed by atoms with Crippen LogP contribution in [0.15, 0.2) is 48.8 Å². The van der Waals surface area contributed by atoms with Crippen molar-refractivity contribution in [2.45, 2.75) is 0 Å². The summed E-state index contributed by atoms with van der Waals surface area (Å²) in [6, 6.07) is 11.8. The molecule has 3 aromatic rings. The lowest BCUT2D eigenvalue weighted by Crippen LogP contribution is -2.36. The number of rotatable bonds is 4. The number of aldehydes is 1. The standard InChI is InChI=1S/C19H18N4O2/c24-13-15-2-1-14(12-21-15)22-19-5-6-20-18-4-3-16(11-17(18)19)23-7-9-25-10-8-23/h1-6,11-13H,7-10H2,(H,20,22). The minimum Gasteiger partial charge on any atom is -0.378 e. The van der Waals surface area contributed by atoms with Gasteiger partial charge in [0.2, 0.25) is 0 Å². The minimum absolute atomic E-state index is 0.416. The number of nitrogens with one attached hydrogen (secondary N) is 1. The van der Waals surface area contributed by atoms with E-state index in [1.54, 1.807) is 18.5 Å². The summed E-state index contributed by atoms with van der Waals surface area (Å²) in [4.78, 5) is 21.6. The Labute approximate surface area is 145 Å². The molecule has 0 bridgehead atoms. The van der Waals surface area contributed by atoms with Crippen LogP contribution in [-0.2, 0) is 4.74 Å². The van der Waals surface area contributed by atoms with Gasteiger partial charge in [0.05, 0.1) is 30.6 Å². The number of fused-ring (bicyclic) bond motifs is 1. The zero-order valence-electron chi connectivity index (χ0n) is 13.7. The van der Waals surface area contributed by atoms with Gasteiger partial charge in [-0.05, 0) is 36.4 Å². The van der Waals surface area contributed by atoms with Crippen LogP contribution in [-0.4, -0.2) is 42.6 Å². The number of anilines is 3. The summed E-state index contributed by atoms with van der Waals surface area (Å²) in [5.41, 5.74) is 4.30. The molecule has 2 aromatic heterocycles. The average Bonchev–Trinajstić information content (AvgIpc) is 2.69. The van der Waals surface area contributed by atoms with Gasteiger partial charge in [-0.3, -0.25) is 14.8 Å². The van der Waals surface area contributed by atoms with E-state index in [0.29, 0.717) is 5.69 Å². The molecule has 0 spiro atoms. The molecular weight excluding hydrogens is 316 g/mol. The number of hydrogen-bond acceptors (Lipinski definition) is 6. The Balaban J connectivity index is 1.68. The summed E-state index contributed by atoms with van der Waals surface area (Å²) in [7, 11) is 0. The maximum Gasteiger partial charge on any atom is 0.168 e. The van der Waals surface area contributed by atoms with E-state index < -0.39 is 0 Å². The number of carbonyl (C=O) groups excluding carboxylic acids is 1. The number of morpholine rings is 1. The normalized spacial score (nSPS) is 14.5. The lowest BCUT2D eigenvalue weighted by molar-refractivity contribution is 0.111. The van der Waals surface area contributed by atoms with Crippen molar-refractivity contribution >= 4 is 34.3 Å². The van der Waals surface area contributed by atoms with Crippen LogP contribution >= 0.6 is 0 Å². The predicted octanol–water partition coefficient (Wildman–Crippen LogP) is 3.02. The topological polar surface area (TPSA) is 67.4 Å². The van der Waals surface area contributed by atoms with E-state index >= 15 is 0 Å². The summed E-state index contributed by atoms with van der Waals surface area (Å²) in [5, 5.41) is 4.41. The number of nitrogens with zero attached hydrogens (tertiary/aromatic N) is 3. The summed E-state index contributed by atoms with van der Waals surface area (Å²) >= 11 is 0. The Kier molecular flexibility index (Phi) is 4.26. The highest BCUT2D eigenvalue weighted by atomic mass is 16.5. The second-order valence-corrected chi connectivity index (χ2v) is 5.87. The smallest absolute Gasteiger partial charge is 0.168 e. The van der Waals surface area contributed by atoms with Gasteiger partial charge in [-0.25, -0.2) is 0 Å². The SMILES string of the molecule is O=Cc1ccc(Nc2ccnc3ccc(N4CCOCC4)cc23)cn1. The number of ether oxygens (including phenoxy) is 1. The summed E-state index contributed by atoms with van der Waals surface area (Å²) < 4.78 is 5.43. The fourth-order valence-electron chi connectivity index (χ4n) is 2.97. The molecule has 0 amide bonds.